The normalized spacial score (nSPS) is 15.2. The van der Waals surface area contributed by atoms with Crippen molar-refractivity contribution in [3.63, 3.8) is 0 Å². The Hall–Kier alpha value is -2.10. The highest BCUT2D eigenvalue weighted by atomic mass is 16.4. The van der Waals surface area contributed by atoms with Gasteiger partial charge in [0, 0.05) is 0 Å². The van der Waals surface area contributed by atoms with Crippen LogP contribution in [0.3, 0.4) is 0 Å². The molecule has 1 atom stereocenters. The molecule has 0 amide bonds. The van der Waals surface area contributed by atoms with E-state index in [4.69, 9.17) is 10.2 Å². The van der Waals surface area contributed by atoms with Crippen LogP contribution in [0.1, 0.15) is 37.7 Å². The maximum atomic E-state index is 10.7. The van der Waals surface area contributed by atoms with Gasteiger partial charge in [0.15, 0.2) is 0 Å². The van der Waals surface area contributed by atoms with Crippen molar-refractivity contribution in [2.24, 2.45) is 5.92 Å². The third-order valence-electron chi connectivity index (χ3n) is 3.27. The molecule has 2 rings (SSSR count). The lowest BCUT2D eigenvalue weighted by Crippen LogP contribution is -2.09. The number of carboxylic acid groups (broad SMARTS) is 2. The van der Waals surface area contributed by atoms with E-state index >= 15 is 0 Å². The lowest BCUT2D eigenvalue weighted by molar-refractivity contribution is -0.141. The molecule has 0 aliphatic heterocycles. The average Bonchev–Trinajstić information content (AvgIpc) is 2.95. The summed E-state index contributed by atoms with van der Waals surface area (Å²) in [5, 5.41) is 17.2. The van der Waals surface area contributed by atoms with E-state index in [-0.39, 0.29) is 11.8 Å². The molecule has 0 bridgehead atoms. The van der Waals surface area contributed by atoms with Crippen molar-refractivity contribution in [1.82, 2.24) is 0 Å². The first kappa shape index (κ1) is 16.0. The van der Waals surface area contributed by atoms with Gasteiger partial charge in [0.25, 0.3) is 0 Å². The minimum Gasteiger partial charge on any atom is -0.481 e. The Kier molecular flexibility index (Phi) is 6.50. The van der Waals surface area contributed by atoms with Gasteiger partial charge in [0.1, 0.15) is 0 Å². The molecular weight excluding hydrogens is 256 g/mol. The number of aliphatic carboxylic acids is 2. The van der Waals surface area contributed by atoms with E-state index in [9.17, 15) is 9.59 Å². The van der Waals surface area contributed by atoms with Crippen molar-refractivity contribution in [3.05, 3.63) is 48.0 Å². The highest BCUT2D eigenvalue weighted by Gasteiger charge is 2.17. The van der Waals surface area contributed by atoms with Crippen LogP contribution in [0.25, 0.3) is 0 Å². The summed E-state index contributed by atoms with van der Waals surface area (Å²) in [6.45, 7) is 1.88. The zero-order chi connectivity index (χ0) is 15.0. The Morgan fingerprint density at radius 2 is 1.70 bits per heavy atom. The minimum absolute atomic E-state index is 0.130. The van der Waals surface area contributed by atoms with Crippen molar-refractivity contribution < 1.29 is 19.8 Å². The second-order valence-electron chi connectivity index (χ2n) is 4.69. The number of hydrogen-bond donors (Lipinski definition) is 2. The van der Waals surface area contributed by atoms with Crippen LogP contribution in [-0.4, -0.2) is 22.2 Å². The summed E-state index contributed by atoms with van der Waals surface area (Å²) in [4.78, 5) is 20.9. The molecule has 0 saturated heterocycles. The monoisotopic (exact) mass is 276 g/mol. The lowest BCUT2D eigenvalue weighted by Gasteiger charge is -2.08. The van der Waals surface area contributed by atoms with Gasteiger partial charge < -0.3 is 10.2 Å². The van der Waals surface area contributed by atoms with Gasteiger partial charge >= 0.3 is 11.9 Å². The molecule has 2 N–H and O–H groups in total. The SMILES string of the molecule is CCC(C(=O)O)c1ccccc1.O=C(O)C1CC=CC1. The minimum atomic E-state index is -0.747. The summed E-state index contributed by atoms with van der Waals surface area (Å²) in [5.41, 5.74) is 0.882. The number of allylic oxidation sites excluding steroid dienone is 2. The lowest BCUT2D eigenvalue weighted by atomic mass is 9.97. The van der Waals surface area contributed by atoms with E-state index in [1.54, 1.807) is 0 Å². The number of carboxylic acids is 2. The van der Waals surface area contributed by atoms with Gasteiger partial charge in [-0.1, -0.05) is 49.4 Å². The molecule has 1 unspecified atom stereocenters. The quantitative estimate of drug-likeness (QED) is 0.827. The fourth-order valence-electron chi connectivity index (χ4n) is 2.06. The largest absolute Gasteiger partial charge is 0.481 e. The molecule has 1 aromatic carbocycles. The fourth-order valence-corrected chi connectivity index (χ4v) is 2.06. The molecule has 0 aromatic heterocycles. The third kappa shape index (κ3) is 4.88. The summed E-state index contributed by atoms with van der Waals surface area (Å²) in [7, 11) is 0. The first-order valence-corrected chi connectivity index (χ1v) is 6.71. The predicted octanol–water partition coefficient (Wildman–Crippen LogP) is 3.30. The molecule has 0 radical (unpaired) electrons. The molecule has 0 spiro atoms. The van der Waals surface area contributed by atoms with Crippen molar-refractivity contribution in [3.8, 4) is 0 Å². The summed E-state index contributed by atoms with van der Waals surface area (Å²) in [6.07, 6.45) is 5.90. The Labute approximate surface area is 118 Å². The molecular formula is C16H20O4. The maximum Gasteiger partial charge on any atom is 0.310 e. The van der Waals surface area contributed by atoms with E-state index in [0.717, 1.165) is 18.4 Å². The first-order chi connectivity index (χ1) is 9.56. The Morgan fingerprint density at radius 1 is 1.15 bits per heavy atom. The Morgan fingerprint density at radius 3 is 2.05 bits per heavy atom. The molecule has 0 fully saturated rings. The van der Waals surface area contributed by atoms with Crippen LogP contribution in [0.2, 0.25) is 0 Å². The molecule has 4 nitrogen and oxygen atoms in total. The molecule has 108 valence electrons. The van der Waals surface area contributed by atoms with E-state index < -0.39 is 11.9 Å². The van der Waals surface area contributed by atoms with E-state index in [1.807, 2.05) is 49.4 Å². The van der Waals surface area contributed by atoms with Crippen molar-refractivity contribution >= 4 is 11.9 Å². The Balaban J connectivity index is 0.000000217. The fraction of sp³-hybridized carbons (Fsp3) is 0.375. The van der Waals surface area contributed by atoms with Crippen molar-refractivity contribution in [2.45, 2.75) is 32.1 Å². The summed E-state index contributed by atoms with van der Waals surface area (Å²) >= 11 is 0. The number of rotatable bonds is 4. The summed E-state index contributed by atoms with van der Waals surface area (Å²) < 4.78 is 0. The number of carbonyl (C=O) groups is 2. The van der Waals surface area contributed by atoms with Crippen LogP contribution < -0.4 is 0 Å². The second-order valence-corrected chi connectivity index (χ2v) is 4.69. The van der Waals surface area contributed by atoms with Crippen LogP contribution in [0.15, 0.2) is 42.5 Å². The van der Waals surface area contributed by atoms with Crippen LogP contribution in [-0.2, 0) is 9.59 Å². The van der Waals surface area contributed by atoms with Gasteiger partial charge in [-0.05, 0) is 24.8 Å². The molecule has 20 heavy (non-hydrogen) atoms. The molecule has 1 aliphatic rings. The standard InChI is InChI=1S/C10H12O2.C6H8O2/c1-2-9(10(11)12)8-6-4-3-5-7-8;7-6(8)5-3-1-2-4-5/h3-7,9H,2H2,1H3,(H,11,12);1-2,5H,3-4H2,(H,7,8). The van der Waals surface area contributed by atoms with Gasteiger partial charge in [-0.3, -0.25) is 9.59 Å². The van der Waals surface area contributed by atoms with Crippen molar-refractivity contribution in [2.75, 3.05) is 0 Å². The second kappa shape index (κ2) is 8.15. The first-order valence-electron chi connectivity index (χ1n) is 6.71. The van der Waals surface area contributed by atoms with E-state index in [0.29, 0.717) is 6.42 Å². The molecule has 0 heterocycles. The number of benzene rings is 1. The average molecular weight is 276 g/mol. The van der Waals surface area contributed by atoms with Gasteiger partial charge in [0.2, 0.25) is 0 Å². The maximum absolute atomic E-state index is 10.7. The molecule has 4 heteroatoms. The highest BCUT2D eigenvalue weighted by Crippen LogP contribution is 2.18. The van der Waals surface area contributed by atoms with Crippen LogP contribution in [0.4, 0.5) is 0 Å². The molecule has 1 aromatic rings. The topological polar surface area (TPSA) is 74.6 Å². The van der Waals surface area contributed by atoms with Crippen LogP contribution in [0, 0.1) is 5.92 Å². The molecule has 1 aliphatic carbocycles. The van der Waals surface area contributed by atoms with Crippen LogP contribution >= 0.6 is 0 Å². The van der Waals surface area contributed by atoms with Crippen LogP contribution in [0.5, 0.6) is 0 Å². The van der Waals surface area contributed by atoms with Gasteiger partial charge in [0.05, 0.1) is 11.8 Å². The zero-order valence-electron chi connectivity index (χ0n) is 11.5. The smallest absolute Gasteiger partial charge is 0.310 e. The molecule has 0 saturated carbocycles. The van der Waals surface area contributed by atoms with E-state index in [1.165, 1.54) is 0 Å². The zero-order valence-corrected chi connectivity index (χ0v) is 11.5. The van der Waals surface area contributed by atoms with Gasteiger partial charge in [-0.25, -0.2) is 0 Å². The third-order valence-corrected chi connectivity index (χ3v) is 3.27. The van der Waals surface area contributed by atoms with Gasteiger partial charge in [-0.2, -0.15) is 0 Å². The predicted molar refractivity (Wildman–Crippen MR) is 76.6 cm³/mol. The van der Waals surface area contributed by atoms with E-state index in [2.05, 4.69) is 0 Å². The highest BCUT2D eigenvalue weighted by molar-refractivity contribution is 5.75. The number of hydrogen-bond acceptors (Lipinski definition) is 2. The summed E-state index contributed by atoms with van der Waals surface area (Å²) in [5.74, 6) is -1.90. The van der Waals surface area contributed by atoms with Crippen molar-refractivity contribution in [1.29, 1.82) is 0 Å². The Bertz CT molecular complexity index is 457. The van der Waals surface area contributed by atoms with Gasteiger partial charge in [-0.15, -0.1) is 0 Å². The summed E-state index contributed by atoms with van der Waals surface area (Å²) in [6, 6.07) is 9.31.